The van der Waals surface area contributed by atoms with Gasteiger partial charge >= 0.3 is 0 Å². The van der Waals surface area contributed by atoms with Crippen molar-refractivity contribution in [2.45, 2.75) is 12.6 Å². The SMILES string of the molecule is O=[N+]([O-])c1ccccc1-c1ccc(CNCC2CNCC2O)o1. The van der Waals surface area contributed by atoms with E-state index in [1.54, 1.807) is 24.3 Å². The molecular formula is C16H19N3O4. The maximum Gasteiger partial charge on any atom is 0.280 e. The minimum absolute atomic E-state index is 0.0292. The van der Waals surface area contributed by atoms with Crippen molar-refractivity contribution in [2.24, 2.45) is 5.92 Å². The molecule has 1 fully saturated rings. The lowest BCUT2D eigenvalue weighted by Gasteiger charge is -2.13. The molecule has 2 unspecified atom stereocenters. The van der Waals surface area contributed by atoms with E-state index >= 15 is 0 Å². The number of hydrogen-bond acceptors (Lipinski definition) is 6. The summed E-state index contributed by atoms with van der Waals surface area (Å²) in [5.74, 6) is 1.38. The molecule has 7 heteroatoms. The fraction of sp³-hybridized carbons (Fsp3) is 0.375. The van der Waals surface area contributed by atoms with Crippen molar-refractivity contribution < 1.29 is 14.4 Å². The molecule has 1 aliphatic rings. The number of nitro groups is 1. The lowest BCUT2D eigenvalue weighted by atomic mass is 10.1. The number of benzene rings is 1. The monoisotopic (exact) mass is 317 g/mol. The molecule has 1 aromatic carbocycles. The van der Waals surface area contributed by atoms with Gasteiger partial charge in [-0.2, -0.15) is 0 Å². The Bertz CT molecular complexity index is 685. The molecule has 1 saturated heterocycles. The second kappa shape index (κ2) is 6.91. The number of aliphatic hydroxyl groups excluding tert-OH is 1. The van der Waals surface area contributed by atoms with Gasteiger partial charge in [-0.05, 0) is 18.2 Å². The van der Waals surface area contributed by atoms with E-state index in [1.165, 1.54) is 6.07 Å². The zero-order valence-electron chi connectivity index (χ0n) is 12.6. The first-order chi connectivity index (χ1) is 11.1. The van der Waals surface area contributed by atoms with Crippen LogP contribution in [0.25, 0.3) is 11.3 Å². The minimum Gasteiger partial charge on any atom is -0.459 e. The van der Waals surface area contributed by atoms with Crippen LogP contribution in [0, 0.1) is 16.0 Å². The van der Waals surface area contributed by atoms with Crippen LogP contribution < -0.4 is 10.6 Å². The van der Waals surface area contributed by atoms with E-state index in [4.69, 9.17) is 4.42 Å². The van der Waals surface area contributed by atoms with Gasteiger partial charge in [0.1, 0.15) is 11.5 Å². The van der Waals surface area contributed by atoms with Crippen LogP contribution in [0.15, 0.2) is 40.8 Å². The first-order valence-electron chi connectivity index (χ1n) is 7.57. The van der Waals surface area contributed by atoms with Crippen molar-refractivity contribution in [2.75, 3.05) is 19.6 Å². The van der Waals surface area contributed by atoms with Crippen molar-refractivity contribution >= 4 is 5.69 Å². The fourth-order valence-electron chi connectivity index (χ4n) is 2.77. The average Bonchev–Trinajstić information content (AvgIpc) is 3.17. The number of nitrogens with one attached hydrogen (secondary N) is 2. The third kappa shape index (κ3) is 3.58. The minimum atomic E-state index is -0.412. The summed E-state index contributed by atoms with van der Waals surface area (Å²) in [4.78, 5) is 10.7. The van der Waals surface area contributed by atoms with Crippen LogP contribution >= 0.6 is 0 Å². The molecule has 3 rings (SSSR count). The second-order valence-electron chi connectivity index (χ2n) is 5.66. The van der Waals surface area contributed by atoms with Gasteiger partial charge in [-0.1, -0.05) is 12.1 Å². The lowest BCUT2D eigenvalue weighted by molar-refractivity contribution is -0.384. The first-order valence-corrected chi connectivity index (χ1v) is 7.57. The predicted molar refractivity (Wildman–Crippen MR) is 84.9 cm³/mol. The number of nitrogens with zero attached hydrogens (tertiary/aromatic N) is 1. The number of para-hydroxylation sites is 1. The molecule has 0 radical (unpaired) electrons. The van der Waals surface area contributed by atoms with Crippen LogP contribution in [0.2, 0.25) is 0 Å². The van der Waals surface area contributed by atoms with Gasteiger partial charge < -0.3 is 20.2 Å². The van der Waals surface area contributed by atoms with E-state index in [2.05, 4.69) is 10.6 Å². The molecule has 0 spiro atoms. The molecule has 0 amide bonds. The number of rotatable bonds is 6. The molecule has 2 heterocycles. The third-order valence-electron chi connectivity index (χ3n) is 4.04. The Morgan fingerprint density at radius 3 is 2.87 bits per heavy atom. The summed E-state index contributed by atoms with van der Waals surface area (Å²) in [7, 11) is 0. The normalized spacial score (nSPS) is 20.7. The molecule has 0 saturated carbocycles. The maximum absolute atomic E-state index is 11.1. The van der Waals surface area contributed by atoms with Gasteiger partial charge in [0.2, 0.25) is 0 Å². The Kier molecular flexibility index (Phi) is 4.71. The number of furan rings is 1. The number of hydrogen-bond donors (Lipinski definition) is 3. The van der Waals surface area contributed by atoms with E-state index in [0.717, 1.165) is 6.54 Å². The topological polar surface area (TPSA) is 101 Å². The molecule has 7 nitrogen and oxygen atoms in total. The highest BCUT2D eigenvalue weighted by Gasteiger charge is 2.24. The van der Waals surface area contributed by atoms with E-state index in [-0.39, 0.29) is 17.7 Å². The van der Waals surface area contributed by atoms with Gasteiger partial charge in [0.05, 0.1) is 23.1 Å². The van der Waals surface area contributed by atoms with Gasteiger partial charge in [-0.3, -0.25) is 10.1 Å². The summed E-state index contributed by atoms with van der Waals surface area (Å²) in [5, 5.41) is 27.2. The van der Waals surface area contributed by atoms with Crippen molar-refractivity contribution in [1.29, 1.82) is 0 Å². The molecule has 0 aliphatic carbocycles. The maximum atomic E-state index is 11.1. The lowest BCUT2D eigenvalue weighted by Crippen LogP contribution is -2.30. The molecule has 0 bridgehead atoms. The summed E-state index contributed by atoms with van der Waals surface area (Å²) < 4.78 is 5.71. The molecular weight excluding hydrogens is 298 g/mol. The van der Waals surface area contributed by atoms with Crippen molar-refractivity contribution in [3.8, 4) is 11.3 Å². The highest BCUT2D eigenvalue weighted by molar-refractivity contribution is 5.69. The zero-order chi connectivity index (χ0) is 16.2. The van der Waals surface area contributed by atoms with Gasteiger partial charge in [0.15, 0.2) is 0 Å². The van der Waals surface area contributed by atoms with Gasteiger partial charge in [0.25, 0.3) is 5.69 Å². The second-order valence-corrected chi connectivity index (χ2v) is 5.66. The molecule has 122 valence electrons. The van der Waals surface area contributed by atoms with Gasteiger partial charge in [0, 0.05) is 31.6 Å². The summed E-state index contributed by atoms with van der Waals surface area (Å²) in [6.07, 6.45) is -0.318. The van der Waals surface area contributed by atoms with Crippen molar-refractivity contribution in [3.05, 3.63) is 52.3 Å². The van der Waals surface area contributed by atoms with Crippen molar-refractivity contribution in [3.63, 3.8) is 0 Å². The number of β-amino-alcohol motifs (C(OH)–C–C–N with tert-alkyl or cyclic N) is 1. The van der Waals surface area contributed by atoms with Crippen LogP contribution in [-0.2, 0) is 6.54 Å². The largest absolute Gasteiger partial charge is 0.459 e. The number of nitro benzene ring substituents is 1. The number of aliphatic hydroxyl groups is 1. The predicted octanol–water partition coefficient (Wildman–Crippen LogP) is 1.52. The molecule has 2 atom stereocenters. The average molecular weight is 317 g/mol. The standard InChI is InChI=1S/C16H19N3O4/c20-15-10-18-8-11(15)7-17-9-12-5-6-16(23-12)13-3-1-2-4-14(13)19(21)22/h1-6,11,15,17-18,20H,7-10H2. The van der Waals surface area contributed by atoms with Crippen molar-refractivity contribution in [1.82, 2.24) is 10.6 Å². The fourth-order valence-corrected chi connectivity index (χ4v) is 2.77. The Morgan fingerprint density at radius 1 is 1.30 bits per heavy atom. The van der Waals surface area contributed by atoms with Crippen LogP contribution in [0.5, 0.6) is 0 Å². The van der Waals surface area contributed by atoms with E-state index < -0.39 is 4.92 Å². The van der Waals surface area contributed by atoms with Gasteiger partial charge in [-0.15, -0.1) is 0 Å². The molecule has 1 aliphatic heterocycles. The van der Waals surface area contributed by atoms with Crippen LogP contribution in [-0.4, -0.2) is 35.8 Å². The van der Waals surface area contributed by atoms with E-state index in [0.29, 0.717) is 36.7 Å². The molecule has 3 N–H and O–H groups in total. The summed E-state index contributed by atoms with van der Waals surface area (Å²) in [6.45, 7) is 2.64. The molecule has 1 aromatic heterocycles. The highest BCUT2D eigenvalue weighted by atomic mass is 16.6. The highest BCUT2D eigenvalue weighted by Crippen LogP contribution is 2.30. The first kappa shape index (κ1) is 15.7. The summed E-state index contributed by atoms with van der Waals surface area (Å²) in [5.41, 5.74) is 0.501. The van der Waals surface area contributed by atoms with Gasteiger partial charge in [-0.25, -0.2) is 0 Å². The van der Waals surface area contributed by atoms with Crippen LogP contribution in [0.1, 0.15) is 5.76 Å². The zero-order valence-corrected chi connectivity index (χ0v) is 12.6. The molecule has 2 aromatic rings. The summed E-state index contributed by atoms with van der Waals surface area (Å²) in [6, 6.07) is 10.1. The Hall–Kier alpha value is -2.22. The quantitative estimate of drug-likeness (QED) is 0.552. The third-order valence-corrected chi connectivity index (χ3v) is 4.04. The smallest absolute Gasteiger partial charge is 0.280 e. The van der Waals surface area contributed by atoms with Crippen LogP contribution in [0.3, 0.4) is 0 Å². The van der Waals surface area contributed by atoms with E-state index in [1.807, 2.05) is 6.07 Å². The molecule has 23 heavy (non-hydrogen) atoms. The Balaban J connectivity index is 1.63. The Morgan fingerprint density at radius 2 is 2.13 bits per heavy atom. The van der Waals surface area contributed by atoms with Crippen LogP contribution in [0.4, 0.5) is 5.69 Å². The Labute approximate surface area is 133 Å². The van der Waals surface area contributed by atoms with E-state index in [9.17, 15) is 15.2 Å². The summed E-state index contributed by atoms with van der Waals surface area (Å²) >= 11 is 0.